The number of morpholine rings is 1. The minimum absolute atomic E-state index is 0.184. The van der Waals surface area contributed by atoms with Crippen molar-refractivity contribution in [1.29, 1.82) is 0 Å². The SMILES string of the molecule is CCNC(=O)NC1=CCC(C)(c2nc3c(c(N4CCOC[C@H]4C)n2)CCNC3)C=C1. The Bertz CT molecular complexity index is 867. The topological polar surface area (TPSA) is 91.4 Å². The zero-order chi connectivity index (χ0) is 21.1. The summed E-state index contributed by atoms with van der Waals surface area (Å²) in [6.45, 7) is 10.9. The Morgan fingerprint density at radius 3 is 3.03 bits per heavy atom. The molecule has 1 unspecified atom stereocenters. The van der Waals surface area contributed by atoms with Crippen molar-refractivity contribution in [2.75, 3.05) is 37.7 Å². The summed E-state index contributed by atoms with van der Waals surface area (Å²) in [6.07, 6.45) is 7.79. The second-order valence-corrected chi connectivity index (χ2v) is 8.44. The number of hydrogen-bond acceptors (Lipinski definition) is 6. The smallest absolute Gasteiger partial charge is 0.319 e. The van der Waals surface area contributed by atoms with Crippen LogP contribution in [-0.2, 0) is 23.1 Å². The Kier molecular flexibility index (Phi) is 6.06. The van der Waals surface area contributed by atoms with Crippen LogP contribution >= 0.6 is 0 Å². The third-order valence-corrected chi connectivity index (χ3v) is 6.04. The van der Waals surface area contributed by atoms with Gasteiger partial charge in [-0.15, -0.1) is 0 Å². The number of allylic oxidation sites excluding steroid dienone is 3. The van der Waals surface area contributed by atoms with Gasteiger partial charge in [0.25, 0.3) is 0 Å². The van der Waals surface area contributed by atoms with Gasteiger partial charge in [0.05, 0.1) is 24.9 Å². The molecule has 8 heteroatoms. The first-order valence-corrected chi connectivity index (χ1v) is 10.9. The lowest BCUT2D eigenvalue weighted by Gasteiger charge is -2.38. The van der Waals surface area contributed by atoms with Crippen molar-refractivity contribution >= 4 is 11.8 Å². The first-order chi connectivity index (χ1) is 14.5. The predicted molar refractivity (Wildman–Crippen MR) is 116 cm³/mol. The molecule has 1 saturated heterocycles. The summed E-state index contributed by atoms with van der Waals surface area (Å²) in [7, 11) is 0. The highest BCUT2D eigenvalue weighted by atomic mass is 16.5. The average Bonchev–Trinajstić information content (AvgIpc) is 2.75. The van der Waals surface area contributed by atoms with Gasteiger partial charge in [-0.25, -0.2) is 14.8 Å². The molecule has 0 aromatic carbocycles. The van der Waals surface area contributed by atoms with Crippen LogP contribution in [0.25, 0.3) is 0 Å². The summed E-state index contributed by atoms with van der Waals surface area (Å²) in [5.41, 5.74) is 2.86. The number of carbonyl (C=O) groups is 1. The van der Waals surface area contributed by atoms with Crippen molar-refractivity contribution in [3.63, 3.8) is 0 Å². The van der Waals surface area contributed by atoms with Gasteiger partial charge in [0.1, 0.15) is 11.6 Å². The maximum Gasteiger partial charge on any atom is 0.319 e. The van der Waals surface area contributed by atoms with Crippen molar-refractivity contribution in [3.8, 4) is 0 Å². The summed E-state index contributed by atoms with van der Waals surface area (Å²) in [5.74, 6) is 1.90. The fourth-order valence-electron chi connectivity index (χ4n) is 4.20. The van der Waals surface area contributed by atoms with E-state index in [1.165, 1.54) is 5.56 Å². The van der Waals surface area contributed by atoms with E-state index in [-0.39, 0.29) is 11.4 Å². The molecular weight excluding hydrogens is 380 g/mol. The van der Waals surface area contributed by atoms with Crippen LogP contribution in [0.2, 0.25) is 0 Å². The van der Waals surface area contributed by atoms with E-state index in [9.17, 15) is 4.79 Å². The molecule has 4 rings (SSSR count). The van der Waals surface area contributed by atoms with Crippen LogP contribution in [0.4, 0.5) is 10.6 Å². The minimum Gasteiger partial charge on any atom is -0.377 e. The van der Waals surface area contributed by atoms with Crippen molar-refractivity contribution in [1.82, 2.24) is 25.9 Å². The summed E-state index contributed by atoms with van der Waals surface area (Å²) in [6, 6.07) is 0.111. The number of nitrogens with one attached hydrogen (secondary N) is 3. The standard InChI is InChI=1S/C22H32N6O2/c1-4-24-21(29)25-16-5-8-22(3,9-6-16)20-26-18-13-23-10-7-17(18)19(27-20)28-11-12-30-14-15(28)2/h5-6,8,15,23H,4,7,9-14H2,1-3H3,(H2,24,25,29)/t15-,22?/m1/s1. The highest BCUT2D eigenvalue weighted by Gasteiger charge is 2.33. The number of carbonyl (C=O) groups excluding carboxylic acids is 1. The van der Waals surface area contributed by atoms with E-state index in [0.29, 0.717) is 12.6 Å². The zero-order valence-corrected chi connectivity index (χ0v) is 18.1. The molecule has 0 bridgehead atoms. The zero-order valence-electron chi connectivity index (χ0n) is 18.1. The van der Waals surface area contributed by atoms with Crippen LogP contribution in [-0.4, -0.2) is 54.9 Å². The van der Waals surface area contributed by atoms with Gasteiger partial charge < -0.3 is 25.6 Å². The van der Waals surface area contributed by atoms with Gasteiger partial charge in [0.2, 0.25) is 0 Å². The number of fused-ring (bicyclic) bond motifs is 1. The quantitative estimate of drug-likeness (QED) is 0.698. The lowest BCUT2D eigenvalue weighted by Crippen LogP contribution is -2.45. The Morgan fingerprint density at radius 2 is 2.30 bits per heavy atom. The monoisotopic (exact) mass is 412 g/mol. The molecule has 1 aromatic rings. The van der Waals surface area contributed by atoms with Gasteiger partial charge >= 0.3 is 6.03 Å². The number of aromatic nitrogens is 2. The lowest BCUT2D eigenvalue weighted by molar-refractivity contribution is 0.0983. The molecule has 2 aliphatic heterocycles. The van der Waals surface area contributed by atoms with Crippen molar-refractivity contribution in [2.45, 2.75) is 51.6 Å². The Labute approximate surface area is 178 Å². The molecule has 1 aromatic heterocycles. The number of hydrogen-bond donors (Lipinski definition) is 3. The first-order valence-electron chi connectivity index (χ1n) is 10.9. The maximum atomic E-state index is 11.8. The number of amides is 2. The summed E-state index contributed by atoms with van der Waals surface area (Å²) in [5, 5.41) is 9.08. The van der Waals surface area contributed by atoms with Crippen LogP contribution in [0.15, 0.2) is 23.9 Å². The highest BCUT2D eigenvalue weighted by Crippen LogP contribution is 2.35. The minimum atomic E-state index is -0.316. The van der Waals surface area contributed by atoms with E-state index < -0.39 is 0 Å². The van der Waals surface area contributed by atoms with E-state index in [1.807, 2.05) is 19.1 Å². The normalized spacial score (nSPS) is 26.0. The molecule has 1 fully saturated rings. The average molecular weight is 413 g/mol. The van der Waals surface area contributed by atoms with Crippen LogP contribution < -0.4 is 20.9 Å². The first kappa shape index (κ1) is 20.8. The number of rotatable bonds is 4. The molecule has 2 amide bonds. The summed E-state index contributed by atoms with van der Waals surface area (Å²) in [4.78, 5) is 24.3. The van der Waals surface area contributed by atoms with Gasteiger partial charge in [-0.1, -0.05) is 12.2 Å². The van der Waals surface area contributed by atoms with E-state index in [4.69, 9.17) is 14.7 Å². The van der Waals surface area contributed by atoms with Crippen LogP contribution in [0.3, 0.4) is 0 Å². The number of anilines is 1. The molecule has 0 saturated carbocycles. The van der Waals surface area contributed by atoms with E-state index in [1.54, 1.807) is 0 Å². The third kappa shape index (κ3) is 4.20. The molecule has 3 aliphatic rings. The number of urea groups is 1. The predicted octanol–water partition coefficient (Wildman–Crippen LogP) is 1.77. The molecule has 3 N–H and O–H groups in total. The number of nitrogens with zero attached hydrogens (tertiary/aromatic N) is 3. The molecule has 162 valence electrons. The lowest BCUT2D eigenvalue weighted by atomic mass is 9.82. The molecule has 0 radical (unpaired) electrons. The van der Waals surface area contributed by atoms with E-state index in [2.05, 4.69) is 40.8 Å². The fourth-order valence-corrected chi connectivity index (χ4v) is 4.20. The van der Waals surface area contributed by atoms with Crippen LogP contribution in [0, 0.1) is 0 Å². The molecule has 2 atom stereocenters. The molecule has 30 heavy (non-hydrogen) atoms. The van der Waals surface area contributed by atoms with Gasteiger partial charge in [-0.3, -0.25) is 0 Å². The van der Waals surface area contributed by atoms with Crippen molar-refractivity contribution in [2.24, 2.45) is 0 Å². The molecule has 0 spiro atoms. The van der Waals surface area contributed by atoms with E-state index >= 15 is 0 Å². The van der Waals surface area contributed by atoms with Gasteiger partial charge in [-0.2, -0.15) is 0 Å². The fraction of sp³-hybridized carbons (Fsp3) is 0.591. The largest absolute Gasteiger partial charge is 0.377 e. The van der Waals surface area contributed by atoms with Crippen molar-refractivity contribution < 1.29 is 9.53 Å². The molecule has 1 aliphatic carbocycles. The second-order valence-electron chi connectivity index (χ2n) is 8.44. The summed E-state index contributed by atoms with van der Waals surface area (Å²) >= 11 is 0. The van der Waals surface area contributed by atoms with Gasteiger partial charge in [0.15, 0.2) is 0 Å². The highest BCUT2D eigenvalue weighted by molar-refractivity contribution is 5.76. The van der Waals surface area contributed by atoms with E-state index in [0.717, 1.165) is 68.7 Å². The molecular formula is C22H32N6O2. The Balaban J connectivity index is 1.63. The third-order valence-electron chi connectivity index (χ3n) is 6.04. The Morgan fingerprint density at radius 1 is 1.43 bits per heavy atom. The van der Waals surface area contributed by atoms with Crippen LogP contribution in [0.1, 0.15) is 44.3 Å². The maximum absolute atomic E-state index is 11.8. The summed E-state index contributed by atoms with van der Waals surface area (Å²) < 4.78 is 5.65. The Hall–Kier alpha value is -2.45. The van der Waals surface area contributed by atoms with Crippen LogP contribution in [0.5, 0.6) is 0 Å². The molecule has 8 nitrogen and oxygen atoms in total. The molecule has 3 heterocycles. The van der Waals surface area contributed by atoms with Gasteiger partial charge in [-0.05, 0) is 46.2 Å². The van der Waals surface area contributed by atoms with Gasteiger partial charge in [0, 0.05) is 36.3 Å². The second kappa shape index (κ2) is 8.73. The number of ether oxygens (including phenoxy) is 1. The van der Waals surface area contributed by atoms with Crippen molar-refractivity contribution in [3.05, 3.63) is 41.0 Å².